The van der Waals surface area contributed by atoms with E-state index >= 15 is 0 Å². The summed E-state index contributed by atoms with van der Waals surface area (Å²) >= 11 is 0. The van der Waals surface area contributed by atoms with E-state index in [1.165, 1.54) is 5.56 Å². The molecule has 1 unspecified atom stereocenters. The van der Waals surface area contributed by atoms with Crippen LogP contribution in [0.1, 0.15) is 31.7 Å². The highest BCUT2D eigenvalue weighted by molar-refractivity contribution is 5.37. The predicted octanol–water partition coefficient (Wildman–Crippen LogP) is 2.31. The highest BCUT2D eigenvalue weighted by Crippen LogP contribution is 2.34. The minimum absolute atomic E-state index is 0.243. The van der Waals surface area contributed by atoms with Gasteiger partial charge in [-0.05, 0) is 31.9 Å². The van der Waals surface area contributed by atoms with E-state index in [1.54, 1.807) is 0 Å². The Kier molecular flexibility index (Phi) is 3.69. The number of hydrogen-bond acceptors (Lipinski definition) is 3. The highest BCUT2D eigenvalue weighted by Gasteiger charge is 2.24. The zero-order valence-corrected chi connectivity index (χ0v) is 10.6. The first-order valence-electron chi connectivity index (χ1n) is 6.18. The monoisotopic (exact) mass is 235 g/mol. The summed E-state index contributed by atoms with van der Waals surface area (Å²) in [5.41, 5.74) is 6.68. The summed E-state index contributed by atoms with van der Waals surface area (Å²) < 4.78 is 11.5. The van der Waals surface area contributed by atoms with Crippen molar-refractivity contribution in [3.05, 3.63) is 29.8 Å². The van der Waals surface area contributed by atoms with E-state index < -0.39 is 0 Å². The van der Waals surface area contributed by atoms with E-state index in [0.717, 1.165) is 18.8 Å². The van der Waals surface area contributed by atoms with Crippen LogP contribution in [0.25, 0.3) is 0 Å². The third kappa shape index (κ3) is 2.99. The normalized spacial score (nSPS) is 19.6. The molecule has 0 aliphatic carbocycles. The zero-order chi connectivity index (χ0) is 12.3. The number of ether oxygens (including phenoxy) is 2. The van der Waals surface area contributed by atoms with Crippen molar-refractivity contribution < 1.29 is 9.47 Å². The first kappa shape index (κ1) is 12.4. The molecule has 1 aliphatic heterocycles. The quantitative estimate of drug-likeness (QED) is 0.871. The molecule has 0 saturated carbocycles. The minimum Gasteiger partial charge on any atom is -0.493 e. The van der Waals surface area contributed by atoms with Gasteiger partial charge in [0.2, 0.25) is 0 Å². The van der Waals surface area contributed by atoms with Crippen LogP contribution in [0.3, 0.4) is 0 Å². The van der Waals surface area contributed by atoms with Crippen molar-refractivity contribution in [2.75, 3.05) is 19.8 Å². The molecular weight excluding hydrogens is 214 g/mol. The van der Waals surface area contributed by atoms with E-state index in [-0.39, 0.29) is 5.60 Å². The molecule has 0 fully saturated rings. The lowest BCUT2D eigenvalue weighted by Crippen LogP contribution is -2.35. The third-order valence-electron chi connectivity index (χ3n) is 3.25. The maximum absolute atomic E-state index is 5.89. The maximum Gasteiger partial charge on any atom is 0.122 e. The van der Waals surface area contributed by atoms with Gasteiger partial charge in [0, 0.05) is 12.5 Å². The molecule has 1 aliphatic rings. The number of fused-ring (bicyclic) bond motifs is 1. The Labute approximate surface area is 103 Å². The van der Waals surface area contributed by atoms with Gasteiger partial charge in [0.15, 0.2) is 0 Å². The van der Waals surface area contributed by atoms with E-state index in [1.807, 2.05) is 26.0 Å². The fourth-order valence-corrected chi connectivity index (χ4v) is 1.97. The highest BCUT2D eigenvalue weighted by atomic mass is 16.5. The van der Waals surface area contributed by atoms with Crippen molar-refractivity contribution in [2.45, 2.75) is 31.8 Å². The van der Waals surface area contributed by atoms with Crippen molar-refractivity contribution in [3.8, 4) is 5.75 Å². The molecule has 3 nitrogen and oxygen atoms in total. The Bertz CT molecular complexity index is 376. The van der Waals surface area contributed by atoms with Gasteiger partial charge >= 0.3 is 0 Å². The van der Waals surface area contributed by atoms with Crippen LogP contribution < -0.4 is 10.5 Å². The maximum atomic E-state index is 5.89. The van der Waals surface area contributed by atoms with Crippen LogP contribution in [0.5, 0.6) is 5.75 Å². The molecule has 1 aromatic carbocycles. The van der Waals surface area contributed by atoms with Crippen LogP contribution >= 0.6 is 0 Å². The second kappa shape index (κ2) is 5.07. The summed E-state index contributed by atoms with van der Waals surface area (Å²) in [7, 11) is 0. The van der Waals surface area contributed by atoms with Crippen LogP contribution in [0.2, 0.25) is 0 Å². The summed E-state index contributed by atoms with van der Waals surface area (Å²) in [5, 5.41) is 0. The Balaban J connectivity index is 2.04. The Hall–Kier alpha value is -1.06. The van der Waals surface area contributed by atoms with Gasteiger partial charge in [-0.15, -0.1) is 0 Å². The largest absolute Gasteiger partial charge is 0.493 e. The molecule has 0 radical (unpaired) electrons. The average Bonchev–Trinajstić information content (AvgIpc) is 2.36. The van der Waals surface area contributed by atoms with Gasteiger partial charge in [-0.1, -0.05) is 18.2 Å². The Morgan fingerprint density at radius 3 is 2.94 bits per heavy atom. The van der Waals surface area contributed by atoms with E-state index in [0.29, 0.717) is 19.1 Å². The van der Waals surface area contributed by atoms with Gasteiger partial charge in [0.1, 0.15) is 5.75 Å². The standard InChI is InChI=1S/C14H21NO2/c1-14(2,10-15)17-9-11-7-8-16-13-6-4-3-5-12(11)13/h3-6,11H,7-10,15H2,1-2H3. The van der Waals surface area contributed by atoms with Gasteiger partial charge in [-0.3, -0.25) is 0 Å². The van der Waals surface area contributed by atoms with Crippen LogP contribution in [0.15, 0.2) is 24.3 Å². The Morgan fingerprint density at radius 1 is 1.41 bits per heavy atom. The van der Waals surface area contributed by atoms with Gasteiger partial charge in [0.05, 0.1) is 18.8 Å². The van der Waals surface area contributed by atoms with E-state index in [9.17, 15) is 0 Å². The van der Waals surface area contributed by atoms with Crippen LogP contribution in [0, 0.1) is 0 Å². The van der Waals surface area contributed by atoms with Gasteiger partial charge < -0.3 is 15.2 Å². The van der Waals surface area contributed by atoms with Gasteiger partial charge in [0.25, 0.3) is 0 Å². The number of nitrogens with two attached hydrogens (primary N) is 1. The molecule has 0 saturated heterocycles. The van der Waals surface area contributed by atoms with Gasteiger partial charge in [-0.2, -0.15) is 0 Å². The predicted molar refractivity (Wildman–Crippen MR) is 68.4 cm³/mol. The molecular formula is C14H21NO2. The molecule has 0 spiro atoms. The first-order chi connectivity index (χ1) is 8.12. The Morgan fingerprint density at radius 2 is 2.18 bits per heavy atom. The first-order valence-corrected chi connectivity index (χ1v) is 6.18. The molecule has 2 rings (SSSR count). The van der Waals surface area contributed by atoms with Crippen molar-refractivity contribution in [2.24, 2.45) is 5.73 Å². The molecule has 1 atom stereocenters. The molecule has 0 bridgehead atoms. The molecule has 94 valence electrons. The smallest absolute Gasteiger partial charge is 0.122 e. The lowest BCUT2D eigenvalue weighted by molar-refractivity contribution is -0.0219. The van der Waals surface area contributed by atoms with E-state index in [4.69, 9.17) is 15.2 Å². The fourth-order valence-electron chi connectivity index (χ4n) is 1.97. The average molecular weight is 235 g/mol. The summed E-state index contributed by atoms with van der Waals surface area (Å²) in [6.45, 7) is 6.08. The number of hydrogen-bond donors (Lipinski definition) is 1. The fraction of sp³-hybridized carbons (Fsp3) is 0.571. The second-order valence-corrected chi connectivity index (χ2v) is 5.15. The number of rotatable bonds is 4. The minimum atomic E-state index is -0.243. The van der Waals surface area contributed by atoms with Crippen molar-refractivity contribution in [1.82, 2.24) is 0 Å². The second-order valence-electron chi connectivity index (χ2n) is 5.15. The molecule has 0 amide bonds. The molecule has 0 aromatic heterocycles. The van der Waals surface area contributed by atoms with Crippen LogP contribution in [-0.2, 0) is 4.74 Å². The molecule has 2 N–H and O–H groups in total. The lowest BCUT2D eigenvalue weighted by atomic mass is 9.94. The lowest BCUT2D eigenvalue weighted by Gasteiger charge is -2.30. The SMILES string of the molecule is CC(C)(CN)OCC1CCOc2ccccc21. The van der Waals surface area contributed by atoms with Crippen LogP contribution in [-0.4, -0.2) is 25.4 Å². The third-order valence-corrected chi connectivity index (χ3v) is 3.25. The summed E-state index contributed by atoms with van der Waals surface area (Å²) in [5.74, 6) is 1.42. The number of benzene rings is 1. The van der Waals surface area contributed by atoms with Crippen molar-refractivity contribution >= 4 is 0 Å². The van der Waals surface area contributed by atoms with E-state index in [2.05, 4.69) is 12.1 Å². The zero-order valence-electron chi connectivity index (χ0n) is 10.6. The van der Waals surface area contributed by atoms with Gasteiger partial charge in [-0.25, -0.2) is 0 Å². The summed E-state index contributed by atoms with van der Waals surface area (Å²) in [4.78, 5) is 0. The molecule has 1 heterocycles. The van der Waals surface area contributed by atoms with Crippen LogP contribution in [0.4, 0.5) is 0 Å². The molecule has 17 heavy (non-hydrogen) atoms. The molecule has 3 heteroatoms. The van der Waals surface area contributed by atoms with Crippen molar-refractivity contribution in [1.29, 1.82) is 0 Å². The number of para-hydroxylation sites is 1. The molecule has 1 aromatic rings. The van der Waals surface area contributed by atoms with Crippen molar-refractivity contribution in [3.63, 3.8) is 0 Å². The summed E-state index contributed by atoms with van der Waals surface area (Å²) in [6.07, 6.45) is 1.01. The summed E-state index contributed by atoms with van der Waals surface area (Å²) in [6, 6.07) is 8.20. The topological polar surface area (TPSA) is 44.5 Å².